The molecule has 6 heteroatoms. The quantitative estimate of drug-likeness (QED) is 0.428. The van der Waals surface area contributed by atoms with Crippen LogP contribution >= 0.6 is 0 Å². The van der Waals surface area contributed by atoms with Gasteiger partial charge in [-0.25, -0.2) is 4.79 Å². The van der Waals surface area contributed by atoms with Crippen molar-refractivity contribution in [1.82, 2.24) is 15.5 Å². The lowest BCUT2D eigenvalue weighted by Gasteiger charge is -2.36. The molecule has 2 rings (SSSR count). The number of carbonyl (C=O) groups is 3. The van der Waals surface area contributed by atoms with Gasteiger partial charge in [0.05, 0.1) is 0 Å². The third kappa shape index (κ3) is 2.67. The van der Waals surface area contributed by atoms with Crippen LogP contribution in [0.3, 0.4) is 0 Å². The van der Waals surface area contributed by atoms with Crippen molar-refractivity contribution in [3.05, 3.63) is 24.3 Å². The Morgan fingerprint density at radius 3 is 2.47 bits per heavy atom. The summed E-state index contributed by atoms with van der Waals surface area (Å²) in [7, 11) is 0. The van der Waals surface area contributed by atoms with E-state index in [1.165, 1.54) is 6.08 Å². The summed E-state index contributed by atoms with van der Waals surface area (Å²) in [5, 5.41) is 4.91. The first-order valence-corrected chi connectivity index (χ1v) is 6.29. The fraction of sp³-hybridized carbons (Fsp3) is 0.462. The van der Waals surface area contributed by atoms with Gasteiger partial charge in [0.2, 0.25) is 5.91 Å². The zero-order valence-electron chi connectivity index (χ0n) is 10.8. The lowest BCUT2D eigenvalue weighted by Crippen LogP contribution is -2.55. The number of likely N-dealkylation sites (tertiary alicyclic amines) is 1. The maximum atomic E-state index is 11.8. The first kappa shape index (κ1) is 13.3. The summed E-state index contributed by atoms with van der Waals surface area (Å²) in [4.78, 5) is 36.4. The molecule has 102 valence electrons. The number of piperidine rings is 1. The standard InChI is InChI=1S/C13H17N3O3/c1-2-3-4-5-10(17)16-8-6-13(7-9-16)11(18)14-12(19)15-13/h2-5H,6-9H2,1H3,(H2,14,15,18,19)/b3-2+,5-4+. The molecule has 6 nitrogen and oxygen atoms in total. The summed E-state index contributed by atoms with van der Waals surface area (Å²) >= 11 is 0. The van der Waals surface area contributed by atoms with Crippen LogP contribution in [0.1, 0.15) is 19.8 Å². The van der Waals surface area contributed by atoms with Crippen LogP contribution in [-0.2, 0) is 9.59 Å². The molecule has 0 aromatic heterocycles. The molecule has 0 unspecified atom stereocenters. The highest BCUT2D eigenvalue weighted by molar-refractivity contribution is 6.07. The van der Waals surface area contributed by atoms with E-state index >= 15 is 0 Å². The van der Waals surface area contributed by atoms with E-state index in [9.17, 15) is 14.4 Å². The molecule has 4 amide bonds. The summed E-state index contributed by atoms with van der Waals surface area (Å²) in [6.45, 7) is 2.81. The fourth-order valence-corrected chi connectivity index (χ4v) is 2.34. The monoisotopic (exact) mass is 263 g/mol. The van der Waals surface area contributed by atoms with Crippen LogP contribution in [0.5, 0.6) is 0 Å². The molecule has 0 atom stereocenters. The first-order chi connectivity index (χ1) is 9.07. The minimum atomic E-state index is -0.819. The van der Waals surface area contributed by atoms with Crippen LogP contribution in [-0.4, -0.2) is 41.4 Å². The molecule has 0 aromatic rings. The minimum Gasteiger partial charge on any atom is -0.339 e. The Hall–Kier alpha value is -2.11. The number of rotatable bonds is 2. The third-order valence-corrected chi connectivity index (χ3v) is 3.49. The van der Waals surface area contributed by atoms with Crippen LogP contribution in [0, 0.1) is 0 Å². The number of imide groups is 1. The second-order valence-corrected chi connectivity index (χ2v) is 4.70. The average Bonchev–Trinajstić information content (AvgIpc) is 2.65. The van der Waals surface area contributed by atoms with Crippen molar-refractivity contribution in [3.8, 4) is 0 Å². The lowest BCUT2D eigenvalue weighted by atomic mass is 9.87. The zero-order valence-corrected chi connectivity index (χ0v) is 10.8. The Balaban J connectivity index is 1.94. The molecule has 0 saturated carbocycles. The minimum absolute atomic E-state index is 0.0716. The molecule has 0 radical (unpaired) electrons. The van der Waals surface area contributed by atoms with E-state index in [0.29, 0.717) is 25.9 Å². The second-order valence-electron chi connectivity index (χ2n) is 4.70. The van der Waals surface area contributed by atoms with E-state index in [0.717, 1.165) is 0 Å². The third-order valence-electron chi connectivity index (χ3n) is 3.49. The Labute approximate surface area is 111 Å². The van der Waals surface area contributed by atoms with Crippen molar-refractivity contribution in [2.75, 3.05) is 13.1 Å². The van der Waals surface area contributed by atoms with Crippen LogP contribution < -0.4 is 10.6 Å². The van der Waals surface area contributed by atoms with Crippen molar-refractivity contribution < 1.29 is 14.4 Å². The predicted molar refractivity (Wildman–Crippen MR) is 69.2 cm³/mol. The van der Waals surface area contributed by atoms with Crippen molar-refractivity contribution in [2.24, 2.45) is 0 Å². The van der Waals surface area contributed by atoms with Crippen molar-refractivity contribution in [1.29, 1.82) is 0 Å². The van der Waals surface area contributed by atoms with Crippen molar-refractivity contribution >= 4 is 17.8 Å². The van der Waals surface area contributed by atoms with Gasteiger partial charge in [-0.05, 0) is 19.8 Å². The van der Waals surface area contributed by atoms with Gasteiger partial charge < -0.3 is 10.2 Å². The summed E-state index contributed by atoms with van der Waals surface area (Å²) in [5.74, 6) is -0.355. The van der Waals surface area contributed by atoms with Crippen LogP contribution in [0.4, 0.5) is 4.79 Å². The molecule has 2 aliphatic heterocycles. The second kappa shape index (κ2) is 5.26. The molecule has 2 fully saturated rings. The van der Waals surface area contributed by atoms with E-state index < -0.39 is 11.6 Å². The SMILES string of the molecule is C/C=C/C=C/C(=O)N1CCC2(CC1)NC(=O)NC2=O. The van der Waals surface area contributed by atoms with Gasteiger partial charge in [0.1, 0.15) is 5.54 Å². The van der Waals surface area contributed by atoms with Crippen LogP contribution in [0.15, 0.2) is 24.3 Å². The highest BCUT2D eigenvalue weighted by Gasteiger charge is 2.48. The molecule has 19 heavy (non-hydrogen) atoms. The first-order valence-electron chi connectivity index (χ1n) is 6.29. The number of hydrogen-bond acceptors (Lipinski definition) is 3. The number of carbonyl (C=O) groups excluding carboxylic acids is 3. The average molecular weight is 263 g/mol. The van der Waals surface area contributed by atoms with E-state index in [4.69, 9.17) is 0 Å². The molecule has 2 N–H and O–H groups in total. The lowest BCUT2D eigenvalue weighted by molar-refractivity contribution is -0.132. The maximum absolute atomic E-state index is 11.8. The maximum Gasteiger partial charge on any atom is 0.322 e. The van der Waals surface area contributed by atoms with Gasteiger partial charge in [-0.2, -0.15) is 0 Å². The largest absolute Gasteiger partial charge is 0.339 e. The van der Waals surface area contributed by atoms with Gasteiger partial charge in [0.25, 0.3) is 5.91 Å². The fourth-order valence-electron chi connectivity index (χ4n) is 2.34. The van der Waals surface area contributed by atoms with Gasteiger partial charge in [0, 0.05) is 19.2 Å². The number of nitrogens with zero attached hydrogens (tertiary/aromatic N) is 1. The Morgan fingerprint density at radius 1 is 1.26 bits per heavy atom. The van der Waals surface area contributed by atoms with Gasteiger partial charge >= 0.3 is 6.03 Å². The molecular formula is C13H17N3O3. The van der Waals surface area contributed by atoms with Gasteiger partial charge in [0.15, 0.2) is 0 Å². The number of urea groups is 1. The van der Waals surface area contributed by atoms with E-state index in [1.807, 2.05) is 13.0 Å². The smallest absolute Gasteiger partial charge is 0.322 e. The molecule has 2 saturated heterocycles. The van der Waals surface area contributed by atoms with E-state index in [2.05, 4.69) is 10.6 Å². The topological polar surface area (TPSA) is 78.5 Å². The Kier molecular flexibility index (Phi) is 3.69. The predicted octanol–water partition coefficient (Wildman–Crippen LogP) is 0.319. The molecule has 2 aliphatic rings. The summed E-state index contributed by atoms with van der Waals surface area (Å²) in [5.41, 5.74) is -0.819. The molecule has 2 heterocycles. The summed E-state index contributed by atoms with van der Waals surface area (Å²) < 4.78 is 0. The summed E-state index contributed by atoms with van der Waals surface area (Å²) in [6.07, 6.45) is 7.73. The molecule has 0 aromatic carbocycles. The molecular weight excluding hydrogens is 246 g/mol. The van der Waals surface area contributed by atoms with E-state index in [1.54, 1.807) is 17.1 Å². The van der Waals surface area contributed by atoms with Gasteiger partial charge in [-0.15, -0.1) is 0 Å². The molecule has 0 bridgehead atoms. The van der Waals surface area contributed by atoms with Crippen LogP contribution in [0.2, 0.25) is 0 Å². The number of hydrogen-bond donors (Lipinski definition) is 2. The number of amides is 4. The number of nitrogens with one attached hydrogen (secondary N) is 2. The Morgan fingerprint density at radius 2 is 1.95 bits per heavy atom. The Bertz CT molecular complexity index is 460. The normalized spacial score (nSPS) is 22.3. The van der Waals surface area contributed by atoms with E-state index in [-0.39, 0.29) is 11.8 Å². The number of allylic oxidation sites excluding steroid dienone is 3. The highest BCUT2D eigenvalue weighted by Crippen LogP contribution is 2.25. The van der Waals surface area contributed by atoms with Crippen LogP contribution in [0.25, 0.3) is 0 Å². The molecule has 1 spiro atoms. The zero-order chi connectivity index (χ0) is 13.9. The van der Waals surface area contributed by atoms with Gasteiger partial charge in [-0.3, -0.25) is 14.9 Å². The highest BCUT2D eigenvalue weighted by atomic mass is 16.2. The van der Waals surface area contributed by atoms with Crippen molar-refractivity contribution in [2.45, 2.75) is 25.3 Å². The van der Waals surface area contributed by atoms with Gasteiger partial charge in [-0.1, -0.05) is 18.2 Å². The van der Waals surface area contributed by atoms with Crippen molar-refractivity contribution in [3.63, 3.8) is 0 Å². The molecule has 0 aliphatic carbocycles. The summed E-state index contributed by atoms with van der Waals surface area (Å²) in [6, 6.07) is -0.447.